The third-order valence-electron chi connectivity index (χ3n) is 5.45. The van der Waals surface area contributed by atoms with Crippen LogP contribution in [0.5, 0.6) is 0 Å². The lowest BCUT2D eigenvalue weighted by molar-refractivity contribution is -0.136. The van der Waals surface area contributed by atoms with Crippen molar-refractivity contribution < 1.29 is 11.0 Å². The van der Waals surface area contributed by atoms with Gasteiger partial charge in [-0.05, 0) is 64.1 Å². The number of esters is 1. The summed E-state index contributed by atoms with van der Waals surface area (Å²) in [5.74, 6) is 0.453. The smallest absolute Gasteiger partial charge is 0.333 e. The van der Waals surface area contributed by atoms with E-state index in [1.165, 1.54) is 52.3 Å². The summed E-state index contributed by atoms with van der Waals surface area (Å²) in [7, 11) is 1.49. The van der Waals surface area contributed by atoms with Gasteiger partial charge < -0.3 is 10.1 Å². The summed E-state index contributed by atoms with van der Waals surface area (Å²) in [6.07, 6.45) is 10.4. The fourth-order valence-electron chi connectivity index (χ4n) is 4.44. The molecular weight excluding hydrogens is 264 g/mol. The lowest BCUT2D eigenvalue weighted by atomic mass is 9.76. The molecule has 2 aliphatic heterocycles. The Bertz CT molecular complexity index is 407. The van der Waals surface area contributed by atoms with Crippen molar-refractivity contribution in [1.82, 2.24) is 10.2 Å². The van der Waals surface area contributed by atoms with Gasteiger partial charge in [0.2, 0.25) is 0 Å². The van der Waals surface area contributed by atoms with Crippen LogP contribution in [0, 0.1) is 5.92 Å². The highest BCUT2D eigenvalue weighted by Gasteiger charge is 2.38. The number of hydrogen-bond acceptors (Lipinski definition) is 4. The lowest BCUT2D eigenvalue weighted by Crippen LogP contribution is -2.55. The van der Waals surface area contributed by atoms with Crippen molar-refractivity contribution in [2.45, 2.75) is 57.0 Å². The van der Waals surface area contributed by atoms with Gasteiger partial charge in [-0.2, -0.15) is 0 Å². The largest absolute Gasteiger partial charge is 0.466 e. The Morgan fingerprint density at radius 3 is 2.90 bits per heavy atom. The van der Waals surface area contributed by atoms with E-state index in [4.69, 9.17) is 4.74 Å². The van der Waals surface area contributed by atoms with Crippen molar-refractivity contribution in [3.05, 3.63) is 11.6 Å². The molecule has 0 aromatic carbocycles. The molecule has 2 fully saturated rings. The van der Waals surface area contributed by atoms with Crippen LogP contribution in [0.2, 0.25) is 0 Å². The monoisotopic (exact) mass is 294 g/mol. The Morgan fingerprint density at radius 2 is 2.14 bits per heavy atom. The first kappa shape index (κ1) is 15.0. The van der Waals surface area contributed by atoms with E-state index >= 15 is 0 Å². The van der Waals surface area contributed by atoms with Crippen LogP contribution in [0.3, 0.4) is 0 Å². The molecular formula is C17H30N2O2. The molecule has 1 saturated heterocycles. The Kier molecular flexibility index (Phi) is 4.96. The van der Waals surface area contributed by atoms with Gasteiger partial charge in [-0.1, -0.05) is 12.5 Å². The van der Waals surface area contributed by atoms with E-state index in [-0.39, 0.29) is 7.40 Å². The molecule has 0 aromatic rings. The molecule has 3 rings (SSSR count). The third kappa shape index (κ3) is 3.32. The summed E-state index contributed by atoms with van der Waals surface area (Å²) in [4.78, 5) is 14.6. The minimum atomic E-state index is -0.126. The highest BCUT2D eigenvalue weighted by molar-refractivity contribution is 5.88. The molecule has 1 N–H and O–H groups in total. The van der Waals surface area contributed by atoms with Crippen LogP contribution < -0.4 is 5.32 Å². The van der Waals surface area contributed by atoms with E-state index in [9.17, 15) is 4.79 Å². The van der Waals surface area contributed by atoms with Gasteiger partial charge in [0.05, 0.1) is 7.11 Å². The molecule has 4 heteroatoms. The third-order valence-corrected chi connectivity index (χ3v) is 5.45. The predicted octanol–water partition coefficient (Wildman–Crippen LogP) is 2.35. The first-order chi connectivity index (χ1) is 10.3. The number of fused-ring (bicyclic) bond motifs is 1. The number of carbonyl (C=O) groups is 1. The summed E-state index contributed by atoms with van der Waals surface area (Å²) >= 11 is 0. The van der Waals surface area contributed by atoms with Gasteiger partial charge in [-0.15, -0.1) is 0 Å². The van der Waals surface area contributed by atoms with Gasteiger partial charge in [-0.3, -0.25) is 4.90 Å². The quantitative estimate of drug-likeness (QED) is 0.794. The maximum Gasteiger partial charge on any atom is 0.333 e. The molecule has 0 aromatic heterocycles. The van der Waals surface area contributed by atoms with Gasteiger partial charge in [0.25, 0.3) is 0 Å². The normalized spacial score (nSPS) is 37.0. The lowest BCUT2D eigenvalue weighted by Gasteiger charge is -2.44. The van der Waals surface area contributed by atoms with Gasteiger partial charge >= 0.3 is 5.97 Å². The number of methoxy groups -OCH3 is 1. The predicted molar refractivity (Wildman–Crippen MR) is 85.2 cm³/mol. The van der Waals surface area contributed by atoms with E-state index in [1.54, 1.807) is 0 Å². The highest BCUT2D eigenvalue weighted by atomic mass is 16.5. The van der Waals surface area contributed by atoms with Gasteiger partial charge in [0.1, 0.15) is 0 Å². The Labute approximate surface area is 129 Å². The van der Waals surface area contributed by atoms with Crippen LogP contribution in [-0.4, -0.2) is 49.7 Å². The molecule has 3 atom stereocenters. The first-order valence-electron chi connectivity index (χ1n) is 8.54. The molecule has 0 radical (unpaired) electrons. The van der Waals surface area contributed by atoms with Crippen LogP contribution in [0.25, 0.3) is 0 Å². The van der Waals surface area contributed by atoms with Gasteiger partial charge in [0.15, 0.2) is 0 Å². The zero-order valence-electron chi connectivity index (χ0n) is 13.1. The summed E-state index contributed by atoms with van der Waals surface area (Å²) in [6.45, 7) is 3.50. The number of rotatable bonds is 2. The molecule has 3 aliphatic rings. The van der Waals surface area contributed by atoms with E-state index in [2.05, 4.69) is 16.3 Å². The average Bonchev–Trinajstić information content (AvgIpc) is 3.00. The molecule has 1 aliphatic carbocycles. The molecule has 1 saturated carbocycles. The average molecular weight is 294 g/mol. The maximum atomic E-state index is 11.9. The number of ether oxygens (including phenoxy) is 1. The van der Waals surface area contributed by atoms with Crippen LogP contribution in [0.15, 0.2) is 11.6 Å². The SMILES string of the molecule is COC(=O)/C1=C\CCN[C@H]2[C@@H](CCC[C@H]2N2CCCC2)C1.[HH]. The standard InChI is InChI=1S/C17H28N2O2.H2/c1-21-17(20)14-7-5-9-18-16-13(12-14)6-4-8-15(16)19-10-2-3-11-19;/h7,13,15-16,18H,2-6,8-12H2,1H3;1H/b14-7-;/t13-,15+,16-;/m0./s1. The number of nitrogens with zero attached hydrogens (tertiary/aromatic N) is 1. The molecule has 4 nitrogen and oxygen atoms in total. The molecule has 120 valence electrons. The fraction of sp³-hybridized carbons (Fsp3) is 0.824. The van der Waals surface area contributed by atoms with Gasteiger partial charge in [0, 0.05) is 19.1 Å². The van der Waals surface area contributed by atoms with E-state index in [0.717, 1.165) is 25.0 Å². The van der Waals surface area contributed by atoms with Crippen molar-refractivity contribution in [3.63, 3.8) is 0 Å². The van der Waals surface area contributed by atoms with E-state index in [0.29, 0.717) is 18.0 Å². The van der Waals surface area contributed by atoms with Crippen molar-refractivity contribution in [2.75, 3.05) is 26.7 Å². The van der Waals surface area contributed by atoms with Crippen LogP contribution >= 0.6 is 0 Å². The minimum Gasteiger partial charge on any atom is -0.466 e. The molecule has 0 spiro atoms. The van der Waals surface area contributed by atoms with Crippen molar-refractivity contribution in [3.8, 4) is 0 Å². The maximum absolute atomic E-state index is 11.9. The van der Waals surface area contributed by atoms with Crippen LogP contribution in [-0.2, 0) is 9.53 Å². The summed E-state index contributed by atoms with van der Waals surface area (Å²) < 4.78 is 4.95. The Morgan fingerprint density at radius 1 is 1.33 bits per heavy atom. The number of nitrogens with one attached hydrogen (secondary N) is 1. The van der Waals surface area contributed by atoms with Gasteiger partial charge in [-0.25, -0.2) is 4.79 Å². The molecule has 0 amide bonds. The summed E-state index contributed by atoms with van der Waals surface area (Å²) in [5, 5.41) is 3.79. The van der Waals surface area contributed by atoms with Crippen molar-refractivity contribution in [2.24, 2.45) is 5.92 Å². The van der Waals surface area contributed by atoms with Crippen molar-refractivity contribution >= 4 is 5.97 Å². The first-order valence-corrected chi connectivity index (χ1v) is 8.54. The zero-order valence-corrected chi connectivity index (χ0v) is 13.1. The fourth-order valence-corrected chi connectivity index (χ4v) is 4.44. The Hall–Kier alpha value is -0.870. The van der Waals surface area contributed by atoms with E-state index < -0.39 is 0 Å². The second-order valence-corrected chi connectivity index (χ2v) is 6.70. The summed E-state index contributed by atoms with van der Waals surface area (Å²) in [5.41, 5.74) is 0.899. The number of carbonyl (C=O) groups excluding carboxylic acids is 1. The second-order valence-electron chi connectivity index (χ2n) is 6.70. The number of likely N-dealkylation sites (tertiary alicyclic amines) is 1. The minimum absolute atomic E-state index is 0. The van der Waals surface area contributed by atoms with Crippen LogP contribution in [0.1, 0.15) is 46.4 Å². The topological polar surface area (TPSA) is 41.6 Å². The second kappa shape index (κ2) is 6.93. The molecule has 0 bridgehead atoms. The molecule has 21 heavy (non-hydrogen) atoms. The molecule has 0 unspecified atom stereocenters. The zero-order chi connectivity index (χ0) is 14.7. The molecule has 2 heterocycles. The van der Waals surface area contributed by atoms with E-state index in [1.807, 2.05) is 0 Å². The van der Waals surface area contributed by atoms with Crippen LogP contribution in [0.4, 0.5) is 0 Å². The Balaban J connectivity index is 0.00000176. The highest BCUT2D eigenvalue weighted by Crippen LogP contribution is 2.34. The van der Waals surface area contributed by atoms with Crippen molar-refractivity contribution in [1.29, 1.82) is 0 Å². The summed E-state index contributed by atoms with van der Waals surface area (Å²) in [6, 6.07) is 1.22. The number of hydrogen-bond donors (Lipinski definition) is 1.